The van der Waals surface area contributed by atoms with Crippen molar-refractivity contribution in [2.45, 2.75) is 62.8 Å². The number of nitrogens with one attached hydrogen (secondary N) is 2. The molecular formula is C18H40N2O4S2. The first-order valence-corrected chi connectivity index (χ1v) is 10.9. The number of ether oxygens (including phenoxy) is 2. The van der Waals surface area contributed by atoms with Crippen LogP contribution in [0.3, 0.4) is 0 Å². The Bertz CT molecular complexity index is 276. The molecule has 0 amide bonds. The second-order valence-corrected chi connectivity index (χ2v) is 7.53. The molecule has 26 heavy (non-hydrogen) atoms. The van der Waals surface area contributed by atoms with Gasteiger partial charge in [0.25, 0.3) is 0 Å². The molecule has 0 fully saturated rings. The fraction of sp³-hybridized carbons (Fsp3) is 1.00. The summed E-state index contributed by atoms with van der Waals surface area (Å²) in [5, 5.41) is 26.3. The molecule has 0 aliphatic heterocycles. The highest BCUT2D eigenvalue weighted by Crippen LogP contribution is 2.06. The Kier molecular flexibility index (Phi) is 19.1. The van der Waals surface area contributed by atoms with Gasteiger partial charge in [0.1, 0.15) is 0 Å². The molecule has 0 radical (unpaired) electrons. The van der Waals surface area contributed by atoms with Crippen molar-refractivity contribution in [3.05, 3.63) is 0 Å². The van der Waals surface area contributed by atoms with Gasteiger partial charge in [0.2, 0.25) is 0 Å². The van der Waals surface area contributed by atoms with Gasteiger partial charge in [0.05, 0.1) is 25.4 Å². The van der Waals surface area contributed by atoms with E-state index >= 15 is 0 Å². The topological polar surface area (TPSA) is 83.0 Å². The molecule has 0 aliphatic rings. The second kappa shape index (κ2) is 18.8. The summed E-state index contributed by atoms with van der Waals surface area (Å²) in [6.45, 7) is 1.95. The van der Waals surface area contributed by atoms with E-state index in [-0.39, 0.29) is 12.1 Å². The van der Waals surface area contributed by atoms with Crippen LogP contribution in [0, 0.1) is 0 Å². The van der Waals surface area contributed by atoms with Gasteiger partial charge in [-0.2, -0.15) is 25.3 Å². The number of unbranched alkanes of at least 4 members (excludes halogenated alkanes) is 1. The maximum atomic E-state index is 9.96. The lowest BCUT2D eigenvalue weighted by atomic mass is 10.1. The third kappa shape index (κ3) is 15.5. The summed E-state index contributed by atoms with van der Waals surface area (Å²) in [7, 11) is 3.80. The van der Waals surface area contributed by atoms with Crippen LogP contribution in [-0.4, -0.2) is 86.5 Å². The molecule has 0 rings (SSSR count). The minimum Gasteiger partial charge on any atom is -0.391 e. The average Bonchev–Trinajstić information content (AvgIpc) is 2.63. The molecule has 0 aromatic heterocycles. The number of aliphatic hydroxyl groups is 2. The molecule has 4 atom stereocenters. The van der Waals surface area contributed by atoms with E-state index in [2.05, 4.69) is 35.9 Å². The molecule has 0 aromatic carbocycles. The van der Waals surface area contributed by atoms with E-state index in [0.717, 1.165) is 37.2 Å². The lowest BCUT2D eigenvalue weighted by Gasteiger charge is -2.19. The summed E-state index contributed by atoms with van der Waals surface area (Å²) < 4.78 is 11.0. The lowest BCUT2D eigenvalue weighted by molar-refractivity contribution is 0.0133. The Balaban J connectivity index is 3.52. The van der Waals surface area contributed by atoms with Crippen LogP contribution in [0.5, 0.6) is 0 Å². The maximum Gasteiger partial charge on any atom is 0.0788 e. The maximum absolute atomic E-state index is 9.96. The third-order valence-corrected chi connectivity index (χ3v) is 4.85. The van der Waals surface area contributed by atoms with Gasteiger partial charge in [-0.15, -0.1) is 0 Å². The molecule has 0 spiro atoms. The Labute approximate surface area is 170 Å². The van der Waals surface area contributed by atoms with Gasteiger partial charge in [-0.25, -0.2) is 0 Å². The fourth-order valence-corrected chi connectivity index (χ4v) is 3.34. The standard InChI is InChI=1S/C18H40N2O4S2/c1-19-15(5-9-25)11-17(21)13-23-7-3-4-8-24-14-18(22)12-16(20-2)6-10-26/h15-22,25-26H,3-14H2,1-2H3. The van der Waals surface area contributed by atoms with Gasteiger partial charge in [-0.1, -0.05) is 0 Å². The van der Waals surface area contributed by atoms with Crippen molar-refractivity contribution >= 4 is 25.3 Å². The van der Waals surface area contributed by atoms with Crippen LogP contribution >= 0.6 is 25.3 Å². The van der Waals surface area contributed by atoms with Crippen LogP contribution in [0.15, 0.2) is 0 Å². The molecule has 0 aromatic rings. The normalized spacial score (nSPS) is 16.4. The first kappa shape index (κ1) is 26.5. The van der Waals surface area contributed by atoms with Gasteiger partial charge < -0.3 is 30.3 Å². The van der Waals surface area contributed by atoms with Crippen LogP contribution in [0.1, 0.15) is 38.5 Å². The first-order chi connectivity index (χ1) is 12.6. The van der Waals surface area contributed by atoms with E-state index in [1.54, 1.807) is 0 Å². The molecule has 0 bridgehead atoms. The van der Waals surface area contributed by atoms with Gasteiger partial charge in [-0.3, -0.25) is 0 Å². The number of hydrogen-bond donors (Lipinski definition) is 6. The number of hydrogen-bond acceptors (Lipinski definition) is 8. The predicted molar refractivity (Wildman–Crippen MR) is 115 cm³/mol. The monoisotopic (exact) mass is 412 g/mol. The fourth-order valence-electron chi connectivity index (χ4n) is 2.71. The zero-order valence-electron chi connectivity index (χ0n) is 16.4. The molecule has 8 heteroatoms. The molecular weight excluding hydrogens is 372 g/mol. The average molecular weight is 413 g/mol. The molecule has 6 nitrogen and oxygen atoms in total. The molecule has 4 unspecified atom stereocenters. The van der Waals surface area contributed by atoms with Crippen molar-refractivity contribution in [1.29, 1.82) is 0 Å². The smallest absolute Gasteiger partial charge is 0.0788 e. The Morgan fingerprint density at radius 3 is 1.46 bits per heavy atom. The number of thiol groups is 2. The minimum absolute atomic E-state index is 0.279. The van der Waals surface area contributed by atoms with E-state index in [1.165, 1.54) is 0 Å². The summed E-state index contributed by atoms with van der Waals surface area (Å²) in [5.74, 6) is 1.61. The lowest BCUT2D eigenvalue weighted by Crippen LogP contribution is -2.32. The first-order valence-electron chi connectivity index (χ1n) is 9.65. The zero-order valence-corrected chi connectivity index (χ0v) is 18.2. The second-order valence-electron chi connectivity index (χ2n) is 6.63. The Morgan fingerprint density at radius 1 is 0.769 bits per heavy atom. The molecule has 4 N–H and O–H groups in total. The van der Waals surface area contributed by atoms with Gasteiger partial charge in [0.15, 0.2) is 0 Å². The van der Waals surface area contributed by atoms with Crippen molar-refractivity contribution in [1.82, 2.24) is 10.6 Å². The van der Waals surface area contributed by atoms with Crippen molar-refractivity contribution in [3.8, 4) is 0 Å². The molecule has 0 saturated heterocycles. The van der Waals surface area contributed by atoms with Crippen LogP contribution in [0.25, 0.3) is 0 Å². The van der Waals surface area contributed by atoms with Crippen molar-refractivity contribution in [3.63, 3.8) is 0 Å². The van der Waals surface area contributed by atoms with Crippen molar-refractivity contribution < 1.29 is 19.7 Å². The van der Waals surface area contributed by atoms with Crippen molar-refractivity contribution in [2.24, 2.45) is 0 Å². The van der Waals surface area contributed by atoms with Crippen LogP contribution in [-0.2, 0) is 9.47 Å². The summed E-state index contributed by atoms with van der Waals surface area (Å²) in [6.07, 6.45) is 4.10. The van der Waals surface area contributed by atoms with Gasteiger partial charge in [-0.05, 0) is 64.1 Å². The zero-order chi connectivity index (χ0) is 19.6. The largest absolute Gasteiger partial charge is 0.391 e. The quantitative estimate of drug-likeness (QED) is 0.141. The molecule has 0 aliphatic carbocycles. The van der Waals surface area contributed by atoms with Gasteiger partial charge >= 0.3 is 0 Å². The Hall–Kier alpha value is 0.460. The van der Waals surface area contributed by atoms with Crippen LogP contribution in [0.2, 0.25) is 0 Å². The summed E-state index contributed by atoms with van der Waals surface area (Å²) in [4.78, 5) is 0. The van der Waals surface area contributed by atoms with Gasteiger partial charge in [0, 0.05) is 25.3 Å². The van der Waals surface area contributed by atoms with Crippen LogP contribution in [0.4, 0.5) is 0 Å². The minimum atomic E-state index is -0.448. The van der Waals surface area contributed by atoms with E-state index in [1.807, 2.05) is 14.1 Å². The summed E-state index contributed by atoms with van der Waals surface area (Å²) in [6, 6.07) is 0.558. The highest BCUT2D eigenvalue weighted by Gasteiger charge is 2.13. The number of rotatable bonds is 19. The highest BCUT2D eigenvalue weighted by atomic mass is 32.1. The number of aliphatic hydroxyl groups excluding tert-OH is 2. The van der Waals surface area contributed by atoms with E-state index in [4.69, 9.17) is 9.47 Å². The third-order valence-electron chi connectivity index (χ3n) is 4.33. The molecule has 0 heterocycles. The predicted octanol–water partition coefficient (Wildman–Crippen LogP) is 1.12. The highest BCUT2D eigenvalue weighted by molar-refractivity contribution is 7.80. The van der Waals surface area contributed by atoms with E-state index < -0.39 is 12.2 Å². The van der Waals surface area contributed by atoms with Crippen molar-refractivity contribution in [2.75, 3.05) is 52.0 Å². The van der Waals surface area contributed by atoms with E-state index in [9.17, 15) is 10.2 Å². The van der Waals surface area contributed by atoms with Crippen LogP contribution < -0.4 is 10.6 Å². The summed E-state index contributed by atoms with van der Waals surface area (Å²) >= 11 is 8.44. The Morgan fingerprint density at radius 2 is 1.15 bits per heavy atom. The SMILES string of the molecule is CNC(CCS)CC(O)COCCCCOCC(O)CC(CCS)NC. The molecule has 158 valence electrons. The molecule has 0 saturated carbocycles. The van der Waals surface area contributed by atoms with E-state index in [0.29, 0.717) is 39.3 Å². The summed E-state index contributed by atoms with van der Waals surface area (Å²) in [5.41, 5.74) is 0.